The van der Waals surface area contributed by atoms with E-state index in [0.717, 1.165) is 0 Å². The highest BCUT2D eigenvalue weighted by Gasteiger charge is 2.24. The summed E-state index contributed by atoms with van der Waals surface area (Å²) in [7, 11) is 1.59. The van der Waals surface area contributed by atoms with Crippen molar-refractivity contribution in [3.63, 3.8) is 0 Å². The number of hydrogen-bond acceptors (Lipinski definition) is 6. The Kier molecular flexibility index (Phi) is 5.56. The van der Waals surface area contributed by atoms with Crippen LogP contribution in [0.3, 0.4) is 0 Å². The molecule has 2 aromatic rings. The first-order chi connectivity index (χ1) is 11.6. The van der Waals surface area contributed by atoms with Crippen LogP contribution in [0, 0.1) is 6.92 Å². The first-order valence-electron chi connectivity index (χ1n) is 7.41. The summed E-state index contributed by atoms with van der Waals surface area (Å²) in [6.07, 6.45) is 2.19. The van der Waals surface area contributed by atoms with Crippen LogP contribution in [0.25, 0.3) is 10.6 Å². The number of hydrogen-bond donors (Lipinski definition) is 0. The van der Waals surface area contributed by atoms with E-state index in [1.807, 2.05) is 0 Å². The molecule has 0 saturated heterocycles. The summed E-state index contributed by atoms with van der Waals surface area (Å²) in [4.78, 5) is 21.8. The van der Waals surface area contributed by atoms with Crippen molar-refractivity contribution in [3.05, 3.63) is 24.2 Å². The number of aryl methyl sites for hydroxylation is 1. The van der Waals surface area contributed by atoms with Crippen molar-refractivity contribution in [2.24, 2.45) is 0 Å². The van der Waals surface area contributed by atoms with Crippen LogP contribution in [0.15, 0.2) is 18.5 Å². The lowest BCUT2D eigenvalue weighted by Crippen LogP contribution is -2.34. The van der Waals surface area contributed by atoms with Gasteiger partial charge in [0.15, 0.2) is 0 Å². The Labute approximate surface area is 148 Å². The van der Waals surface area contributed by atoms with E-state index in [1.165, 1.54) is 34.7 Å². The number of pyridine rings is 1. The number of anilines is 1. The van der Waals surface area contributed by atoms with Gasteiger partial charge in [-0.3, -0.25) is 9.88 Å². The molecule has 0 spiro atoms. The van der Waals surface area contributed by atoms with E-state index in [9.17, 15) is 13.6 Å². The van der Waals surface area contributed by atoms with E-state index in [4.69, 9.17) is 4.74 Å². The molecule has 0 unspecified atom stereocenters. The van der Waals surface area contributed by atoms with Crippen LogP contribution in [0.1, 0.15) is 26.5 Å². The van der Waals surface area contributed by atoms with E-state index in [0.29, 0.717) is 21.3 Å². The molecule has 2 heterocycles. The van der Waals surface area contributed by atoms with Crippen LogP contribution in [-0.4, -0.2) is 35.3 Å². The third-order valence-corrected chi connectivity index (χ3v) is 4.21. The summed E-state index contributed by atoms with van der Waals surface area (Å²) >= 11 is 1.23. The average molecular weight is 371 g/mol. The Morgan fingerprint density at radius 3 is 2.60 bits per heavy atom. The molecule has 0 aromatic carbocycles. The fourth-order valence-electron chi connectivity index (χ4n) is 1.94. The summed E-state index contributed by atoms with van der Waals surface area (Å²) in [5.74, 6) is -0.0533. The van der Waals surface area contributed by atoms with E-state index in [2.05, 4.69) is 14.7 Å². The van der Waals surface area contributed by atoms with Gasteiger partial charge in [-0.2, -0.15) is 8.78 Å². The third-order valence-electron chi connectivity index (χ3n) is 2.93. The summed E-state index contributed by atoms with van der Waals surface area (Å²) in [6, 6.07) is 1.43. The van der Waals surface area contributed by atoms with Gasteiger partial charge in [-0.05, 0) is 33.8 Å². The van der Waals surface area contributed by atoms with Crippen molar-refractivity contribution in [1.82, 2.24) is 9.97 Å². The quantitative estimate of drug-likeness (QED) is 0.792. The molecule has 136 valence electrons. The summed E-state index contributed by atoms with van der Waals surface area (Å²) in [6.45, 7) is 4.17. The molecule has 2 aromatic heterocycles. The number of carbonyl (C=O) groups is 1. The molecular weight excluding hydrogens is 352 g/mol. The van der Waals surface area contributed by atoms with Crippen molar-refractivity contribution in [1.29, 1.82) is 0 Å². The first kappa shape index (κ1) is 19.0. The van der Waals surface area contributed by atoms with Crippen LogP contribution in [0.2, 0.25) is 0 Å². The number of ether oxygens (including phenoxy) is 2. The predicted octanol–water partition coefficient (Wildman–Crippen LogP) is 4.49. The standard InChI is InChI=1S/C16H19F2N3O3S/c1-9-13(21(5)15(22)24-16(2,3)4)25-12(20-9)10-6-11(8-19-7-10)23-14(17)18/h6-8,14H,1-5H3. The number of amides is 1. The van der Waals surface area contributed by atoms with Gasteiger partial charge in [0.05, 0.1) is 11.9 Å². The van der Waals surface area contributed by atoms with Gasteiger partial charge in [-0.15, -0.1) is 0 Å². The number of halogens is 2. The zero-order valence-corrected chi connectivity index (χ0v) is 15.4. The van der Waals surface area contributed by atoms with Crippen molar-refractivity contribution in [2.75, 3.05) is 11.9 Å². The summed E-state index contributed by atoms with van der Waals surface area (Å²) < 4.78 is 34.4. The monoisotopic (exact) mass is 371 g/mol. The Morgan fingerprint density at radius 1 is 1.32 bits per heavy atom. The highest BCUT2D eigenvalue weighted by molar-refractivity contribution is 7.19. The molecule has 0 N–H and O–H groups in total. The van der Waals surface area contributed by atoms with Crippen LogP contribution >= 0.6 is 11.3 Å². The van der Waals surface area contributed by atoms with Gasteiger partial charge < -0.3 is 9.47 Å². The largest absolute Gasteiger partial charge is 0.443 e. The smallest absolute Gasteiger partial charge is 0.415 e. The number of rotatable bonds is 4. The van der Waals surface area contributed by atoms with Crippen molar-refractivity contribution < 1.29 is 23.0 Å². The van der Waals surface area contributed by atoms with E-state index in [1.54, 1.807) is 34.7 Å². The Morgan fingerprint density at radius 2 is 2.00 bits per heavy atom. The van der Waals surface area contributed by atoms with Crippen LogP contribution in [0.5, 0.6) is 5.75 Å². The lowest BCUT2D eigenvalue weighted by Gasteiger charge is -2.23. The normalized spacial score (nSPS) is 11.5. The third kappa shape index (κ3) is 5.09. The molecule has 1 amide bonds. The molecule has 0 aliphatic carbocycles. The molecule has 0 fully saturated rings. The maximum Gasteiger partial charge on any atom is 0.415 e. The lowest BCUT2D eigenvalue weighted by molar-refractivity contribution is -0.0500. The molecule has 0 radical (unpaired) electrons. The molecule has 9 heteroatoms. The zero-order chi connectivity index (χ0) is 18.8. The van der Waals surface area contributed by atoms with Crippen molar-refractivity contribution in [3.8, 4) is 16.3 Å². The topological polar surface area (TPSA) is 64.6 Å². The minimum absolute atomic E-state index is 0.0533. The molecule has 0 atom stereocenters. The Hall–Kier alpha value is -2.29. The molecule has 0 aliphatic rings. The molecule has 0 bridgehead atoms. The molecule has 6 nitrogen and oxygen atoms in total. The SMILES string of the molecule is Cc1nc(-c2cncc(OC(F)F)c2)sc1N(C)C(=O)OC(C)(C)C. The van der Waals surface area contributed by atoms with Crippen molar-refractivity contribution in [2.45, 2.75) is 39.9 Å². The van der Waals surface area contributed by atoms with Crippen molar-refractivity contribution >= 4 is 22.4 Å². The maximum atomic E-state index is 12.3. The predicted molar refractivity (Wildman–Crippen MR) is 91.4 cm³/mol. The fourth-order valence-corrected chi connectivity index (χ4v) is 2.94. The lowest BCUT2D eigenvalue weighted by atomic mass is 10.2. The van der Waals surface area contributed by atoms with Gasteiger partial charge in [0.2, 0.25) is 0 Å². The molecule has 0 aliphatic heterocycles. The molecular formula is C16H19F2N3O3S. The van der Waals surface area contributed by atoms with Crippen LogP contribution < -0.4 is 9.64 Å². The number of carbonyl (C=O) groups excluding carboxylic acids is 1. The number of aromatic nitrogens is 2. The highest BCUT2D eigenvalue weighted by atomic mass is 32.1. The fraction of sp³-hybridized carbons (Fsp3) is 0.438. The second kappa shape index (κ2) is 7.30. The van der Waals surface area contributed by atoms with E-state index < -0.39 is 18.3 Å². The summed E-state index contributed by atoms with van der Waals surface area (Å²) in [5.41, 5.74) is 0.529. The van der Waals surface area contributed by atoms with Gasteiger partial charge in [-0.1, -0.05) is 11.3 Å². The number of alkyl halides is 2. The molecule has 2 rings (SSSR count). The Bertz CT molecular complexity index is 759. The highest BCUT2D eigenvalue weighted by Crippen LogP contribution is 2.35. The van der Waals surface area contributed by atoms with E-state index >= 15 is 0 Å². The van der Waals surface area contributed by atoms with Crippen LogP contribution in [0.4, 0.5) is 18.6 Å². The number of nitrogens with zero attached hydrogens (tertiary/aromatic N) is 3. The minimum Gasteiger partial charge on any atom is -0.443 e. The first-order valence-corrected chi connectivity index (χ1v) is 8.23. The van der Waals surface area contributed by atoms with Crippen LogP contribution in [-0.2, 0) is 4.74 Å². The van der Waals surface area contributed by atoms with Gasteiger partial charge in [-0.25, -0.2) is 9.78 Å². The van der Waals surface area contributed by atoms with Gasteiger partial charge in [0.25, 0.3) is 0 Å². The average Bonchev–Trinajstić information content (AvgIpc) is 2.86. The van der Waals surface area contributed by atoms with Gasteiger partial charge in [0, 0.05) is 18.8 Å². The second-order valence-corrected chi connectivity index (χ2v) is 7.21. The zero-order valence-electron chi connectivity index (χ0n) is 14.5. The van der Waals surface area contributed by atoms with E-state index in [-0.39, 0.29) is 5.75 Å². The van der Waals surface area contributed by atoms with Gasteiger partial charge >= 0.3 is 12.7 Å². The molecule has 25 heavy (non-hydrogen) atoms. The number of thiazole rings is 1. The van der Waals surface area contributed by atoms with Gasteiger partial charge in [0.1, 0.15) is 21.4 Å². The summed E-state index contributed by atoms with van der Waals surface area (Å²) in [5, 5.41) is 1.14. The minimum atomic E-state index is -2.93. The Balaban J connectivity index is 2.26. The second-order valence-electron chi connectivity index (χ2n) is 6.24. The maximum absolute atomic E-state index is 12.3. The molecule has 0 saturated carbocycles.